The highest BCUT2D eigenvalue weighted by Crippen LogP contribution is 2.40. The lowest BCUT2D eigenvalue weighted by molar-refractivity contribution is 0.630. The van der Waals surface area contributed by atoms with E-state index < -0.39 is 5.82 Å². The first-order valence-corrected chi connectivity index (χ1v) is 6.55. The van der Waals surface area contributed by atoms with Gasteiger partial charge in [0, 0.05) is 23.8 Å². The summed E-state index contributed by atoms with van der Waals surface area (Å²) in [7, 11) is 1.82. The Kier molecular flexibility index (Phi) is 2.83. The third-order valence-corrected chi connectivity index (χ3v) is 4.02. The van der Waals surface area contributed by atoms with Crippen molar-refractivity contribution in [3.8, 4) is 0 Å². The summed E-state index contributed by atoms with van der Waals surface area (Å²) in [5.74, 6) is -0.581. The van der Waals surface area contributed by atoms with Crippen molar-refractivity contribution >= 4 is 39.8 Å². The fraction of sp³-hybridized carbons (Fsp3) is 0.308. The van der Waals surface area contributed by atoms with Crippen LogP contribution in [0.4, 0.5) is 10.1 Å². The lowest BCUT2D eigenvalue weighted by Gasteiger charge is -2.14. The van der Waals surface area contributed by atoms with E-state index in [-0.39, 0.29) is 10.0 Å². The Morgan fingerprint density at radius 3 is 2.83 bits per heavy atom. The van der Waals surface area contributed by atoms with E-state index in [1.54, 1.807) is 0 Å². The van der Waals surface area contributed by atoms with Crippen LogP contribution in [-0.4, -0.2) is 12.0 Å². The van der Waals surface area contributed by atoms with Gasteiger partial charge in [-0.3, -0.25) is 4.98 Å². The zero-order chi connectivity index (χ0) is 12.9. The topological polar surface area (TPSA) is 24.9 Å². The molecule has 0 saturated heterocycles. The van der Waals surface area contributed by atoms with Gasteiger partial charge in [0.15, 0.2) is 5.82 Å². The summed E-state index contributed by atoms with van der Waals surface area (Å²) < 4.78 is 13.8. The fourth-order valence-electron chi connectivity index (χ4n) is 2.60. The van der Waals surface area contributed by atoms with E-state index in [0.29, 0.717) is 10.9 Å². The van der Waals surface area contributed by atoms with Crippen molar-refractivity contribution in [3.05, 3.63) is 33.2 Å². The molecule has 0 aliphatic heterocycles. The summed E-state index contributed by atoms with van der Waals surface area (Å²) in [6.07, 6.45) is 2.97. The van der Waals surface area contributed by atoms with Crippen LogP contribution < -0.4 is 5.32 Å². The molecule has 3 rings (SSSR count). The molecule has 1 aromatic heterocycles. The smallest absolute Gasteiger partial charge is 0.161 e. The molecule has 2 nitrogen and oxygen atoms in total. The molecule has 1 heterocycles. The second kappa shape index (κ2) is 4.25. The van der Waals surface area contributed by atoms with Crippen molar-refractivity contribution < 1.29 is 4.39 Å². The minimum atomic E-state index is -0.581. The van der Waals surface area contributed by atoms with Gasteiger partial charge in [0.2, 0.25) is 0 Å². The summed E-state index contributed by atoms with van der Waals surface area (Å²) in [5.41, 5.74) is 3.74. The van der Waals surface area contributed by atoms with Crippen LogP contribution in [0.3, 0.4) is 0 Å². The van der Waals surface area contributed by atoms with E-state index in [1.165, 1.54) is 6.07 Å². The Balaban J connectivity index is 2.48. The van der Waals surface area contributed by atoms with Gasteiger partial charge in [-0.25, -0.2) is 4.39 Å². The van der Waals surface area contributed by atoms with Gasteiger partial charge in [0.05, 0.1) is 15.6 Å². The molecule has 0 amide bonds. The van der Waals surface area contributed by atoms with E-state index in [4.69, 9.17) is 23.2 Å². The van der Waals surface area contributed by atoms with Gasteiger partial charge >= 0.3 is 0 Å². The molecular formula is C13H11Cl2FN2. The number of pyridine rings is 1. The number of rotatable bonds is 1. The Bertz CT molecular complexity index is 655. The van der Waals surface area contributed by atoms with Crippen molar-refractivity contribution in [1.82, 2.24) is 4.98 Å². The average molecular weight is 285 g/mol. The second-order valence-corrected chi connectivity index (χ2v) is 5.18. The number of hydrogen-bond donors (Lipinski definition) is 1. The monoisotopic (exact) mass is 284 g/mol. The van der Waals surface area contributed by atoms with Crippen molar-refractivity contribution in [1.29, 1.82) is 0 Å². The fourth-order valence-corrected chi connectivity index (χ4v) is 3.14. The Morgan fingerprint density at radius 1 is 1.33 bits per heavy atom. The number of nitrogens with zero attached hydrogens (tertiary/aromatic N) is 1. The van der Waals surface area contributed by atoms with Crippen molar-refractivity contribution in [2.75, 3.05) is 12.4 Å². The number of halogens is 3. The number of benzene rings is 1. The molecular weight excluding hydrogens is 274 g/mol. The van der Waals surface area contributed by atoms with Crippen LogP contribution in [0, 0.1) is 5.82 Å². The highest BCUT2D eigenvalue weighted by atomic mass is 35.5. The zero-order valence-corrected chi connectivity index (χ0v) is 11.3. The van der Waals surface area contributed by atoms with Crippen LogP contribution in [-0.2, 0) is 12.8 Å². The molecule has 18 heavy (non-hydrogen) atoms. The van der Waals surface area contributed by atoms with Crippen LogP contribution in [0.15, 0.2) is 6.07 Å². The van der Waals surface area contributed by atoms with E-state index in [2.05, 4.69) is 10.3 Å². The molecule has 0 unspecified atom stereocenters. The Morgan fingerprint density at radius 2 is 2.11 bits per heavy atom. The largest absolute Gasteiger partial charge is 0.387 e. The molecule has 1 aliphatic carbocycles. The quantitative estimate of drug-likeness (QED) is 0.794. The van der Waals surface area contributed by atoms with Gasteiger partial charge in [-0.2, -0.15) is 0 Å². The minimum absolute atomic E-state index is 0.0139. The predicted molar refractivity (Wildman–Crippen MR) is 73.3 cm³/mol. The maximum Gasteiger partial charge on any atom is 0.161 e. The van der Waals surface area contributed by atoms with Gasteiger partial charge in [-0.15, -0.1) is 0 Å². The summed E-state index contributed by atoms with van der Waals surface area (Å²) in [6, 6.07) is 1.54. The Labute approximate surface area is 114 Å². The highest BCUT2D eigenvalue weighted by Gasteiger charge is 2.22. The molecule has 0 fully saturated rings. The molecule has 0 saturated carbocycles. The first-order valence-electron chi connectivity index (χ1n) is 5.80. The lowest BCUT2D eigenvalue weighted by atomic mass is 10.1. The molecule has 0 spiro atoms. The second-order valence-electron chi connectivity index (χ2n) is 4.40. The molecule has 0 atom stereocenters. The summed E-state index contributed by atoms with van der Waals surface area (Å²) in [6.45, 7) is 0. The highest BCUT2D eigenvalue weighted by molar-refractivity contribution is 6.39. The molecule has 1 N–H and O–H groups in total. The van der Waals surface area contributed by atoms with Crippen molar-refractivity contribution in [2.45, 2.75) is 19.3 Å². The van der Waals surface area contributed by atoms with Crippen LogP contribution in [0.5, 0.6) is 0 Å². The van der Waals surface area contributed by atoms with Gasteiger partial charge < -0.3 is 5.32 Å². The molecule has 0 bridgehead atoms. The van der Waals surface area contributed by atoms with Gasteiger partial charge in [0.1, 0.15) is 0 Å². The third-order valence-electron chi connectivity index (χ3n) is 3.39. The van der Waals surface area contributed by atoms with E-state index >= 15 is 0 Å². The minimum Gasteiger partial charge on any atom is -0.387 e. The zero-order valence-electron chi connectivity index (χ0n) is 9.78. The van der Waals surface area contributed by atoms with E-state index in [9.17, 15) is 4.39 Å². The molecule has 1 aliphatic rings. The number of fused-ring (bicyclic) bond motifs is 2. The van der Waals surface area contributed by atoms with E-state index in [1.807, 2.05) is 7.05 Å². The number of hydrogen-bond acceptors (Lipinski definition) is 2. The maximum atomic E-state index is 13.8. The first-order chi connectivity index (χ1) is 8.63. The van der Waals surface area contributed by atoms with Gasteiger partial charge in [-0.1, -0.05) is 23.2 Å². The predicted octanol–water partition coefficient (Wildman–Crippen LogP) is 4.21. The molecule has 94 valence electrons. The molecule has 0 radical (unpaired) electrons. The Hall–Kier alpha value is -1.06. The van der Waals surface area contributed by atoms with Crippen LogP contribution >= 0.6 is 23.2 Å². The molecule has 5 heteroatoms. The number of aromatic nitrogens is 1. The number of anilines is 1. The SMILES string of the molecule is CNc1c2c(nc3cc(Cl)c(F)c(Cl)c13)CCC2. The summed E-state index contributed by atoms with van der Waals surface area (Å²) >= 11 is 11.9. The molecule has 1 aromatic carbocycles. The van der Waals surface area contributed by atoms with Crippen LogP contribution in [0.2, 0.25) is 10.0 Å². The summed E-state index contributed by atoms with van der Waals surface area (Å²) in [4.78, 5) is 4.55. The van der Waals surface area contributed by atoms with Crippen LogP contribution in [0.25, 0.3) is 10.9 Å². The standard InChI is InChI=1S/C13H11Cl2FN2/c1-17-13-6-3-2-4-8(6)18-9-5-7(14)12(16)11(15)10(9)13/h5H,2-4H2,1H3,(H,17,18). The van der Waals surface area contributed by atoms with Gasteiger partial charge in [0.25, 0.3) is 0 Å². The average Bonchev–Trinajstić information content (AvgIpc) is 2.81. The normalized spacial score (nSPS) is 14.0. The lowest BCUT2D eigenvalue weighted by Crippen LogP contribution is -2.00. The number of nitrogens with one attached hydrogen (secondary N) is 1. The molecule has 2 aromatic rings. The maximum absolute atomic E-state index is 13.8. The van der Waals surface area contributed by atoms with Crippen LogP contribution in [0.1, 0.15) is 17.7 Å². The van der Waals surface area contributed by atoms with Crippen molar-refractivity contribution in [2.24, 2.45) is 0 Å². The first kappa shape index (κ1) is 12.0. The van der Waals surface area contributed by atoms with Crippen molar-refractivity contribution in [3.63, 3.8) is 0 Å². The van der Waals surface area contributed by atoms with Gasteiger partial charge in [-0.05, 0) is 30.9 Å². The third kappa shape index (κ3) is 1.57. The number of aryl methyl sites for hydroxylation is 1. The van der Waals surface area contributed by atoms with E-state index in [0.717, 1.165) is 36.2 Å². The summed E-state index contributed by atoms with van der Waals surface area (Å²) in [5, 5.41) is 3.81.